The zero-order chi connectivity index (χ0) is 14.1. The number of nitrogens with zero attached hydrogens (tertiary/aromatic N) is 3. The molecule has 0 saturated carbocycles. The minimum Gasteiger partial charge on any atom is -0.507 e. The number of aromatic amines is 1. The van der Waals surface area contributed by atoms with Crippen LogP contribution < -0.4 is 0 Å². The molecule has 0 aliphatic rings. The van der Waals surface area contributed by atoms with Gasteiger partial charge in [-0.3, -0.25) is 10.1 Å². The molecule has 3 rings (SSSR count). The van der Waals surface area contributed by atoms with Crippen molar-refractivity contribution in [3.8, 4) is 28.7 Å². The molecule has 20 heavy (non-hydrogen) atoms. The molecular formula is C14H11BrN4O. The second-order valence-corrected chi connectivity index (χ2v) is 5.25. The molecule has 2 aromatic heterocycles. The number of nitrogens with one attached hydrogen (secondary N) is 1. The van der Waals surface area contributed by atoms with Gasteiger partial charge in [0.25, 0.3) is 0 Å². The van der Waals surface area contributed by atoms with Gasteiger partial charge in [0.2, 0.25) is 0 Å². The van der Waals surface area contributed by atoms with E-state index in [9.17, 15) is 5.11 Å². The van der Waals surface area contributed by atoms with Crippen LogP contribution in [0, 0.1) is 6.92 Å². The molecule has 2 heterocycles. The predicted molar refractivity (Wildman–Crippen MR) is 79.2 cm³/mol. The fourth-order valence-electron chi connectivity index (χ4n) is 1.91. The van der Waals surface area contributed by atoms with Crippen LogP contribution in [-0.4, -0.2) is 25.3 Å². The molecule has 100 valence electrons. The monoisotopic (exact) mass is 330 g/mol. The van der Waals surface area contributed by atoms with E-state index < -0.39 is 0 Å². The highest BCUT2D eigenvalue weighted by molar-refractivity contribution is 9.10. The Morgan fingerprint density at radius 2 is 2.10 bits per heavy atom. The van der Waals surface area contributed by atoms with Gasteiger partial charge in [-0.2, -0.15) is 5.10 Å². The third kappa shape index (κ3) is 2.30. The third-order valence-corrected chi connectivity index (χ3v) is 3.41. The maximum atomic E-state index is 9.89. The predicted octanol–water partition coefficient (Wildman–Crippen LogP) is 3.31. The van der Waals surface area contributed by atoms with Gasteiger partial charge in [-0.25, -0.2) is 4.98 Å². The van der Waals surface area contributed by atoms with E-state index in [0.717, 1.165) is 15.7 Å². The Kier molecular flexibility index (Phi) is 3.23. The molecule has 5 nitrogen and oxygen atoms in total. The number of benzene rings is 1. The summed E-state index contributed by atoms with van der Waals surface area (Å²) in [6.45, 7) is 1.96. The third-order valence-electron chi connectivity index (χ3n) is 2.92. The second kappa shape index (κ2) is 5.05. The van der Waals surface area contributed by atoms with Crippen molar-refractivity contribution in [3.63, 3.8) is 0 Å². The Bertz CT molecular complexity index is 769. The summed E-state index contributed by atoms with van der Waals surface area (Å²) in [6.07, 6.45) is 1.71. The van der Waals surface area contributed by atoms with E-state index in [-0.39, 0.29) is 5.75 Å². The van der Waals surface area contributed by atoms with Crippen LogP contribution >= 0.6 is 15.9 Å². The van der Waals surface area contributed by atoms with Crippen LogP contribution in [0.2, 0.25) is 0 Å². The molecule has 0 aliphatic carbocycles. The molecule has 0 unspecified atom stereocenters. The Morgan fingerprint density at radius 3 is 2.90 bits per heavy atom. The van der Waals surface area contributed by atoms with Crippen LogP contribution in [0.3, 0.4) is 0 Å². The number of aryl methyl sites for hydroxylation is 1. The first kappa shape index (κ1) is 12.8. The number of rotatable bonds is 2. The van der Waals surface area contributed by atoms with Crippen molar-refractivity contribution in [2.24, 2.45) is 0 Å². The van der Waals surface area contributed by atoms with E-state index in [1.807, 2.05) is 19.1 Å². The number of pyridine rings is 1. The topological polar surface area (TPSA) is 74.7 Å². The average molecular weight is 331 g/mol. The zero-order valence-electron chi connectivity index (χ0n) is 10.6. The van der Waals surface area contributed by atoms with Gasteiger partial charge < -0.3 is 5.11 Å². The number of aromatic hydroxyl groups is 1. The Hall–Kier alpha value is -2.21. The number of hydrogen-bond acceptors (Lipinski definition) is 4. The highest BCUT2D eigenvalue weighted by Crippen LogP contribution is 2.30. The zero-order valence-corrected chi connectivity index (χ0v) is 12.2. The molecule has 0 radical (unpaired) electrons. The van der Waals surface area contributed by atoms with Gasteiger partial charge in [0, 0.05) is 10.7 Å². The van der Waals surface area contributed by atoms with Gasteiger partial charge in [-0.15, -0.1) is 0 Å². The first-order valence-corrected chi connectivity index (χ1v) is 6.78. The van der Waals surface area contributed by atoms with E-state index in [1.165, 1.54) is 0 Å². The molecule has 0 aliphatic heterocycles. The molecule has 0 saturated heterocycles. The van der Waals surface area contributed by atoms with Crippen LogP contribution in [0.4, 0.5) is 0 Å². The Balaban J connectivity index is 2.07. The molecule has 2 N–H and O–H groups in total. The molecule has 6 heteroatoms. The lowest BCUT2D eigenvalue weighted by atomic mass is 10.2. The number of halogens is 1. The smallest absolute Gasteiger partial charge is 0.185 e. The summed E-state index contributed by atoms with van der Waals surface area (Å²) in [5.41, 5.74) is 2.32. The molecule has 0 amide bonds. The number of H-pyrrole nitrogens is 1. The van der Waals surface area contributed by atoms with Crippen LogP contribution in [0.25, 0.3) is 22.9 Å². The summed E-state index contributed by atoms with van der Waals surface area (Å²) in [5.74, 6) is 1.15. The van der Waals surface area contributed by atoms with E-state index >= 15 is 0 Å². The molecular weight excluding hydrogens is 320 g/mol. The molecule has 3 aromatic rings. The summed E-state index contributed by atoms with van der Waals surface area (Å²) < 4.78 is 0.852. The SMILES string of the molecule is Cc1cccnc1-c1nc(-c2cc(Br)ccc2O)n[nH]1. The lowest BCUT2D eigenvalue weighted by Gasteiger charge is -2.00. The largest absolute Gasteiger partial charge is 0.507 e. The second-order valence-electron chi connectivity index (χ2n) is 4.34. The minimum absolute atomic E-state index is 0.136. The van der Waals surface area contributed by atoms with Crippen molar-refractivity contribution < 1.29 is 5.11 Å². The molecule has 1 aromatic carbocycles. The van der Waals surface area contributed by atoms with Gasteiger partial charge >= 0.3 is 0 Å². The van der Waals surface area contributed by atoms with Crippen molar-refractivity contribution in [3.05, 3.63) is 46.6 Å². The minimum atomic E-state index is 0.136. The van der Waals surface area contributed by atoms with E-state index in [1.54, 1.807) is 24.4 Å². The van der Waals surface area contributed by atoms with Crippen molar-refractivity contribution in [2.45, 2.75) is 6.92 Å². The first-order valence-electron chi connectivity index (χ1n) is 5.98. The van der Waals surface area contributed by atoms with Crippen molar-refractivity contribution in [1.82, 2.24) is 20.2 Å². The lowest BCUT2D eigenvalue weighted by Crippen LogP contribution is -1.89. The van der Waals surface area contributed by atoms with Crippen LogP contribution in [0.15, 0.2) is 41.0 Å². The highest BCUT2D eigenvalue weighted by atomic mass is 79.9. The number of phenolic OH excluding ortho intramolecular Hbond substituents is 1. The van der Waals surface area contributed by atoms with Gasteiger partial charge in [-0.05, 0) is 36.8 Å². The fraction of sp³-hybridized carbons (Fsp3) is 0.0714. The van der Waals surface area contributed by atoms with Crippen LogP contribution in [-0.2, 0) is 0 Å². The van der Waals surface area contributed by atoms with Gasteiger partial charge in [0.1, 0.15) is 11.4 Å². The number of hydrogen-bond donors (Lipinski definition) is 2. The number of phenols is 1. The van der Waals surface area contributed by atoms with Crippen LogP contribution in [0.1, 0.15) is 5.56 Å². The van der Waals surface area contributed by atoms with Crippen molar-refractivity contribution in [1.29, 1.82) is 0 Å². The van der Waals surface area contributed by atoms with Crippen LogP contribution in [0.5, 0.6) is 5.75 Å². The summed E-state index contributed by atoms with van der Waals surface area (Å²) in [6, 6.07) is 8.96. The van der Waals surface area contributed by atoms with Gasteiger partial charge in [-0.1, -0.05) is 22.0 Å². The molecule has 0 spiro atoms. The fourth-order valence-corrected chi connectivity index (χ4v) is 2.27. The molecule has 0 atom stereocenters. The standard InChI is InChI=1S/C14H11BrN4O/c1-8-3-2-6-16-12(8)14-17-13(18-19-14)10-7-9(15)4-5-11(10)20/h2-7,20H,1H3,(H,17,18,19). The summed E-state index contributed by atoms with van der Waals surface area (Å²) in [4.78, 5) is 8.69. The maximum absolute atomic E-state index is 9.89. The molecule has 0 fully saturated rings. The van der Waals surface area contributed by atoms with E-state index in [2.05, 4.69) is 36.1 Å². The quantitative estimate of drug-likeness (QED) is 0.755. The van der Waals surface area contributed by atoms with Gasteiger partial charge in [0.05, 0.1) is 5.56 Å². The number of aromatic nitrogens is 4. The summed E-state index contributed by atoms with van der Waals surface area (Å²) in [5, 5.41) is 16.9. The highest BCUT2D eigenvalue weighted by Gasteiger charge is 2.13. The van der Waals surface area contributed by atoms with E-state index in [0.29, 0.717) is 17.2 Å². The first-order chi connectivity index (χ1) is 9.65. The average Bonchev–Trinajstić information content (AvgIpc) is 2.91. The van der Waals surface area contributed by atoms with E-state index in [4.69, 9.17) is 0 Å². The van der Waals surface area contributed by atoms with Gasteiger partial charge in [0.15, 0.2) is 11.6 Å². The Labute approximate surface area is 123 Å². The summed E-state index contributed by atoms with van der Waals surface area (Å²) in [7, 11) is 0. The van der Waals surface area contributed by atoms with Crippen molar-refractivity contribution in [2.75, 3.05) is 0 Å². The van der Waals surface area contributed by atoms with Crippen molar-refractivity contribution >= 4 is 15.9 Å². The maximum Gasteiger partial charge on any atom is 0.185 e. The molecule has 0 bridgehead atoms. The summed E-state index contributed by atoms with van der Waals surface area (Å²) >= 11 is 3.37. The Morgan fingerprint density at radius 1 is 1.25 bits per heavy atom. The lowest BCUT2D eigenvalue weighted by molar-refractivity contribution is 0.477. The normalized spacial score (nSPS) is 10.7.